The molecule has 0 aliphatic carbocycles. The number of aliphatic carboxylic acids is 1. The number of para-hydroxylation sites is 1. The number of amides is 1. The van der Waals surface area contributed by atoms with Crippen LogP contribution in [0.15, 0.2) is 54.6 Å². The van der Waals surface area contributed by atoms with Crippen molar-refractivity contribution in [2.45, 2.75) is 13.0 Å². The minimum atomic E-state index is -0.910. The van der Waals surface area contributed by atoms with E-state index in [0.717, 1.165) is 17.1 Å². The van der Waals surface area contributed by atoms with Gasteiger partial charge >= 0.3 is 5.97 Å². The number of hydrogen-bond acceptors (Lipinski definition) is 3. The third-order valence-corrected chi connectivity index (χ3v) is 3.84. The maximum atomic E-state index is 11.8. The van der Waals surface area contributed by atoms with Crippen molar-refractivity contribution in [3.05, 3.63) is 60.2 Å². The van der Waals surface area contributed by atoms with Crippen molar-refractivity contribution in [2.75, 3.05) is 6.54 Å². The summed E-state index contributed by atoms with van der Waals surface area (Å²) in [4.78, 5) is 24.4. The Bertz CT molecular complexity index is 697. The highest BCUT2D eigenvalue weighted by molar-refractivity contribution is 5.86. The molecule has 118 valence electrons. The molecule has 1 amide bonds. The van der Waals surface area contributed by atoms with Gasteiger partial charge in [0.2, 0.25) is 5.91 Å². The molecule has 0 bridgehead atoms. The zero-order valence-corrected chi connectivity index (χ0v) is 12.5. The van der Waals surface area contributed by atoms with E-state index in [1.54, 1.807) is 4.90 Å². The van der Waals surface area contributed by atoms with Crippen molar-refractivity contribution in [1.29, 1.82) is 0 Å². The van der Waals surface area contributed by atoms with E-state index in [-0.39, 0.29) is 18.9 Å². The van der Waals surface area contributed by atoms with Crippen molar-refractivity contribution < 1.29 is 19.4 Å². The molecule has 0 spiro atoms. The fraction of sp³-hybridized carbons (Fsp3) is 0.222. The highest BCUT2D eigenvalue weighted by Crippen LogP contribution is 2.23. The Morgan fingerprint density at radius 3 is 2.35 bits per heavy atom. The number of rotatable bonds is 5. The third kappa shape index (κ3) is 3.69. The zero-order chi connectivity index (χ0) is 16.2. The van der Waals surface area contributed by atoms with Gasteiger partial charge in [0.1, 0.15) is 11.5 Å². The van der Waals surface area contributed by atoms with E-state index in [9.17, 15) is 9.59 Å². The van der Waals surface area contributed by atoms with Gasteiger partial charge in [0.15, 0.2) is 0 Å². The van der Waals surface area contributed by atoms with Gasteiger partial charge in [-0.15, -0.1) is 0 Å². The Morgan fingerprint density at radius 2 is 1.74 bits per heavy atom. The van der Waals surface area contributed by atoms with Crippen LogP contribution in [0.5, 0.6) is 11.5 Å². The summed E-state index contributed by atoms with van der Waals surface area (Å²) in [5.41, 5.74) is 0.949. The minimum absolute atomic E-state index is 0.0878. The lowest BCUT2D eigenvalue weighted by Gasteiger charge is -2.16. The Kier molecular flexibility index (Phi) is 4.28. The van der Waals surface area contributed by atoms with Crippen molar-refractivity contribution in [3.63, 3.8) is 0 Å². The number of carbonyl (C=O) groups excluding carboxylic acids is 1. The lowest BCUT2D eigenvalue weighted by atomic mass is 10.1. The van der Waals surface area contributed by atoms with Crippen molar-refractivity contribution in [2.24, 2.45) is 5.92 Å². The third-order valence-electron chi connectivity index (χ3n) is 3.84. The Morgan fingerprint density at radius 1 is 1.09 bits per heavy atom. The smallest absolute Gasteiger partial charge is 0.308 e. The van der Waals surface area contributed by atoms with Crippen LogP contribution in [0.3, 0.4) is 0 Å². The van der Waals surface area contributed by atoms with E-state index >= 15 is 0 Å². The number of carboxylic acids is 1. The molecule has 1 saturated heterocycles. The summed E-state index contributed by atoms with van der Waals surface area (Å²) in [5.74, 6) is -0.131. The zero-order valence-electron chi connectivity index (χ0n) is 12.5. The van der Waals surface area contributed by atoms with Crippen LogP contribution >= 0.6 is 0 Å². The van der Waals surface area contributed by atoms with E-state index in [2.05, 4.69) is 0 Å². The molecule has 3 rings (SSSR count). The van der Waals surface area contributed by atoms with Gasteiger partial charge in [-0.05, 0) is 29.8 Å². The molecule has 23 heavy (non-hydrogen) atoms. The molecule has 1 N–H and O–H groups in total. The predicted molar refractivity (Wildman–Crippen MR) is 84.1 cm³/mol. The second-order valence-corrected chi connectivity index (χ2v) is 5.57. The lowest BCUT2D eigenvalue weighted by Crippen LogP contribution is -2.25. The summed E-state index contributed by atoms with van der Waals surface area (Å²) >= 11 is 0. The summed E-state index contributed by atoms with van der Waals surface area (Å²) < 4.78 is 5.71. The molecule has 2 aromatic carbocycles. The second kappa shape index (κ2) is 6.52. The summed E-state index contributed by atoms with van der Waals surface area (Å²) in [5, 5.41) is 9.00. The number of ether oxygens (including phenoxy) is 1. The monoisotopic (exact) mass is 311 g/mol. The highest BCUT2D eigenvalue weighted by atomic mass is 16.5. The molecule has 5 nitrogen and oxygen atoms in total. The predicted octanol–water partition coefficient (Wildman–Crippen LogP) is 2.91. The standard InChI is InChI=1S/C18H17NO4/c20-17-10-14(18(21)22)12-19(17)11-13-6-8-16(9-7-13)23-15-4-2-1-3-5-15/h1-9,14H,10-12H2,(H,21,22). The molecule has 1 unspecified atom stereocenters. The molecule has 1 atom stereocenters. The Labute approximate surface area is 134 Å². The van der Waals surface area contributed by atoms with Gasteiger partial charge in [0.05, 0.1) is 5.92 Å². The van der Waals surface area contributed by atoms with Gasteiger partial charge in [0.25, 0.3) is 0 Å². The van der Waals surface area contributed by atoms with E-state index in [1.165, 1.54) is 0 Å². The lowest BCUT2D eigenvalue weighted by molar-refractivity contribution is -0.141. The van der Waals surface area contributed by atoms with Gasteiger partial charge < -0.3 is 14.7 Å². The maximum Gasteiger partial charge on any atom is 0.308 e. The Balaban J connectivity index is 1.62. The molecular weight excluding hydrogens is 294 g/mol. The molecule has 5 heteroatoms. The van der Waals surface area contributed by atoms with Crippen LogP contribution in [0.2, 0.25) is 0 Å². The van der Waals surface area contributed by atoms with E-state index in [1.807, 2.05) is 54.6 Å². The van der Waals surface area contributed by atoms with Crippen LogP contribution in [0, 0.1) is 5.92 Å². The van der Waals surface area contributed by atoms with Crippen LogP contribution in [0.1, 0.15) is 12.0 Å². The number of nitrogens with zero attached hydrogens (tertiary/aromatic N) is 1. The first-order valence-corrected chi connectivity index (χ1v) is 7.44. The number of carboxylic acid groups (broad SMARTS) is 1. The minimum Gasteiger partial charge on any atom is -0.481 e. The summed E-state index contributed by atoms with van der Waals surface area (Å²) in [6.07, 6.45) is 0.0878. The molecule has 0 aromatic heterocycles. The number of hydrogen-bond donors (Lipinski definition) is 1. The Hall–Kier alpha value is -2.82. The summed E-state index contributed by atoms with van der Waals surface area (Å²) in [7, 11) is 0. The number of carbonyl (C=O) groups is 2. The largest absolute Gasteiger partial charge is 0.481 e. The first-order valence-electron chi connectivity index (χ1n) is 7.44. The van der Waals surface area contributed by atoms with Crippen LogP contribution in [0.25, 0.3) is 0 Å². The fourth-order valence-corrected chi connectivity index (χ4v) is 2.60. The molecule has 1 aliphatic rings. The molecule has 0 saturated carbocycles. The van der Waals surface area contributed by atoms with Gasteiger partial charge in [-0.3, -0.25) is 9.59 Å². The van der Waals surface area contributed by atoms with Crippen LogP contribution in [0.4, 0.5) is 0 Å². The second-order valence-electron chi connectivity index (χ2n) is 5.57. The van der Waals surface area contributed by atoms with Gasteiger partial charge in [-0.2, -0.15) is 0 Å². The van der Waals surface area contributed by atoms with Crippen molar-refractivity contribution in [3.8, 4) is 11.5 Å². The molecule has 0 radical (unpaired) electrons. The van der Waals surface area contributed by atoms with Crippen LogP contribution < -0.4 is 4.74 Å². The fourth-order valence-electron chi connectivity index (χ4n) is 2.60. The topological polar surface area (TPSA) is 66.8 Å². The summed E-state index contributed by atoms with van der Waals surface area (Å²) in [6, 6.07) is 17.0. The van der Waals surface area contributed by atoms with E-state index < -0.39 is 11.9 Å². The van der Waals surface area contributed by atoms with Crippen LogP contribution in [-0.4, -0.2) is 28.4 Å². The molecule has 2 aromatic rings. The molecule has 1 fully saturated rings. The van der Waals surface area contributed by atoms with Gasteiger partial charge in [0, 0.05) is 19.5 Å². The van der Waals surface area contributed by atoms with Crippen molar-refractivity contribution >= 4 is 11.9 Å². The van der Waals surface area contributed by atoms with E-state index in [0.29, 0.717) is 6.54 Å². The van der Waals surface area contributed by atoms with Crippen LogP contribution in [-0.2, 0) is 16.1 Å². The van der Waals surface area contributed by atoms with Crippen molar-refractivity contribution in [1.82, 2.24) is 4.90 Å². The van der Waals surface area contributed by atoms with Gasteiger partial charge in [-0.1, -0.05) is 30.3 Å². The molecule has 1 heterocycles. The SMILES string of the molecule is O=C(O)C1CC(=O)N(Cc2ccc(Oc3ccccc3)cc2)C1. The normalized spacial score (nSPS) is 17.3. The molecular formula is C18H17NO4. The number of benzene rings is 2. The summed E-state index contributed by atoms with van der Waals surface area (Å²) in [6.45, 7) is 0.699. The molecule has 1 aliphatic heterocycles. The first kappa shape index (κ1) is 15.1. The first-order chi connectivity index (χ1) is 11.1. The average Bonchev–Trinajstić information content (AvgIpc) is 2.92. The highest BCUT2D eigenvalue weighted by Gasteiger charge is 2.33. The quantitative estimate of drug-likeness (QED) is 0.922. The van der Waals surface area contributed by atoms with E-state index in [4.69, 9.17) is 9.84 Å². The maximum absolute atomic E-state index is 11.8. The van der Waals surface area contributed by atoms with Gasteiger partial charge in [-0.25, -0.2) is 0 Å². The number of likely N-dealkylation sites (tertiary alicyclic amines) is 1. The average molecular weight is 311 g/mol.